The number of ether oxygens (including phenoxy) is 1. The smallest absolute Gasteiger partial charge is 0.408 e. The summed E-state index contributed by atoms with van der Waals surface area (Å²) in [6.07, 6.45) is 1.13. The van der Waals surface area contributed by atoms with Gasteiger partial charge in [-0.1, -0.05) is 57.0 Å². The van der Waals surface area contributed by atoms with Crippen molar-refractivity contribution in [1.82, 2.24) is 15.5 Å². The van der Waals surface area contributed by atoms with Gasteiger partial charge >= 0.3 is 6.09 Å². The SMILES string of the molecule is CCCC(C)NC(=O)C(c1cccc(C)c1)N(C)C(=O)C(NC(=O)OC(C)(C)C)C(C)C. The molecule has 0 saturated carbocycles. The Morgan fingerprint density at radius 1 is 1.09 bits per heavy atom. The molecule has 0 aliphatic heterocycles. The van der Waals surface area contributed by atoms with Crippen LogP contribution in [0.2, 0.25) is 0 Å². The molecule has 1 rings (SSSR count). The molecule has 0 saturated heterocycles. The number of benzene rings is 1. The molecule has 0 spiro atoms. The van der Waals surface area contributed by atoms with Crippen LogP contribution in [0.3, 0.4) is 0 Å². The molecular weight excluding hydrogens is 406 g/mol. The van der Waals surface area contributed by atoms with Crippen molar-refractivity contribution in [3.63, 3.8) is 0 Å². The monoisotopic (exact) mass is 447 g/mol. The van der Waals surface area contributed by atoms with Gasteiger partial charge in [-0.3, -0.25) is 9.59 Å². The molecule has 7 heteroatoms. The maximum absolute atomic E-state index is 13.5. The summed E-state index contributed by atoms with van der Waals surface area (Å²) >= 11 is 0. The van der Waals surface area contributed by atoms with Crippen LogP contribution in [0.1, 0.15) is 78.5 Å². The largest absolute Gasteiger partial charge is 0.444 e. The second-order valence-electron chi connectivity index (χ2n) is 9.83. The topological polar surface area (TPSA) is 87.7 Å². The number of carbonyl (C=O) groups excluding carboxylic acids is 3. The van der Waals surface area contributed by atoms with Gasteiger partial charge in [-0.2, -0.15) is 0 Å². The fourth-order valence-electron chi connectivity index (χ4n) is 3.51. The first-order chi connectivity index (χ1) is 14.8. The van der Waals surface area contributed by atoms with Gasteiger partial charge in [0.05, 0.1) is 0 Å². The van der Waals surface area contributed by atoms with Crippen molar-refractivity contribution in [1.29, 1.82) is 0 Å². The lowest BCUT2D eigenvalue weighted by Gasteiger charge is -2.33. The Morgan fingerprint density at radius 2 is 1.72 bits per heavy atom. The van der Waals surface area contributed by atoms with Crippen LogP contribution < -0.4 is 10.6 Å². The molecule has 3 atom stereocenters. The van der Waals surface area contributed by atoms with Gasteiger partial charge in [0.1, 0.15) is 17.7 Å². The summed E-state index contributed by atoms with van der Waals surface area (Å²) in [6.45, 7) is 14.9. The molecule has 1 aromatic rings. The van der Waals surface area contributed by atoms with Crippen LogP contribution in [-0.4, -0.2) is 47.5 Å². The molecule has 0 aliphatic rings. The fourth-order valence-corrected chi connectivity index (χ4v) is 3.51. The number of nitrogens with one attached hydrogen (secondary N) is 2. The third-order valence-corrected chi connectivity index (χ3v) is 5.06. The molecule has 3 unspecified atom stereocenters. The number of nitrogens with zero attached hydrogens (tertiary/aromatic N) is 1. The van der Waals surface area contributed by atoms with Crippen molar-refractivity contribution < 1.29 is 19.1 Å². The summed E-state index contributed by atoms with van der Waals surface area (Å²) in [5, 5.41) is 5.72. The zero-order valence-corrected chi connectivity index (χ0v) is 21.1. The van der Waals surface area contributed by atoms with E-state index in [-0.39, 0.29) is 23.8 Å². The number of rotatable bonds is 9. The minimum absolute atomic E-state index is 0.0101. The lowest BCUT2D eigenvalue weighted by molar-refractivity contribution is -0.141. The summed E-state index contributed by atoms with van der Waals surface area (Å²) < 4.78 is 5.34. The summed E-state index contributed by atoms with van der Waals surface area (Å²) in [4.78, 5) is 40.5. The molecule has 3 amide bonds. The van der Waals surface area contributed by atoms with Crippen molar-refractivity contribution >= 4 is 17.9 Å². The molecule has 0 fully saturated rings. The minimum atomic E-state index is -0.831. The van der Waals surface area contributed by atoms with Crippen LogP contribution in [0.25, 0.3) is 0 Å². The third kappa shape index (κ3) is 8.52. The maximum atomic E-state index is 13.5. The predicted molar refractivity (Wildman–Crippen MR) is 127 cm³/mol. The highest BCUT2D eigenvalue weighted by Gasteiger charge is 2.35. The Bertz CT molecular complexity index is 786. The Balaban J connectivity index is 3.22. The van der Waals surface area contributed by atoms with E-state index in [1.54, 1.807) is 27.8 Å². The van der Waals surface area contributed by atoms with Gasteiger partial charge < -0.3 is 20.3 Å². The highest BCUT2D eigenvalue weighted by Crippen LogP contribution is 2.23. The average Bonchev–Trinajstić information content (AvgIpc) is 2.64. The van der Waals surface area contributed by atoms with Crippen LogP contribution in [0.4, 0.5) is 4.79 Å². The molecule has 0 aromatic heterocycles. The predicted octanol–water partition coefficient (Wildman–Crippen LogP) is 4.35. The summed E-state index contributed by atoms with van der Waals surface area (Å²) in [5.41, 5.74) is 1.04. The molecule has 0 radical (unpaired) electrons. The summed E-state index contributed by atoms with van der Waals surface area (Å²) in [5.74, 6) is -0.791. The average molecular weight is 448 g/mol. The Morgan fingerprint density at radius 3 is 2.22 bits per heavy atom. The van der Waals surface area contributed by atoms with Gasteiger partial charge in [0, 0.05) is 13.1 Å². The van der Waals surface area contributed by atoms with E-state index in [2.05, 4.69) is 17.6 Å². The highest BCUT2D eigenvalue weighted by molar-refractivity contribution is 5.92. The van der Waals surface area contributed by atoms with Gasteiger partial charge in [0.2, 0.25) is 11.8 Å². The summed E-state index contributed by atoms with van der Waals surface area (Å²) in [6, 6.07) is 5.91. The van der Waals surface area contributed by atoms with Crippen LogP contribution in [-0.2, 0) is 14.3 Å². The number of amides is 3. The second kappa shape index (κ2) is 11.9. The Labute approximate surface area is 193 Å². The standard InChI is InChI=1S/C25H41N3O4/c1-10-12-18(5)26-22(29)21(19-14-11-13-17(4)15-19)28(9)23(30)20(16(2)3)27-24(31)32-25(6,7)8/h11,13-16,18,20-21H,10,12H2,1-9H3,(H,26,29)(H,27,31). The lowest BCUT2D eigenvalue weighted by Crippen LogP contribution is -2.54. The van der Waals surface area contributed by atoms with E-state index in [1.807, 2.05) is 52.0 Å². The second-order valence-corrected chi connectivity index (χ2v) is 9.83. The normalized spacial score (nSPS) is 14.3. The number of aryl methyl sites for hydroxylation is 1. The van der Waals surface area contributed by atoms with Gasteiger partial charge in [0.15, 0.2) is 0 Å². The maximum Gasteiger partial charge on any atom is 0.408 e. The van der Waals surface area contributed by atoms with E-state index in [4.69, 9.17) is 4.74 Å². The molecule has 1 aromatic carbocycles. The van der Waals surface area contributed by atoms with Gasteiger partial charge in [-0.25, -0.2) is 4.79 Å². The molecule has 180 valence electrons. The van der Waals surface area contributed by atoms with E-state index < -0.39 is 23.8 Å². The van der Waals surface area contributed by atoms with E-state index in [0.717, 1.165) is 24.0 Å². The van der Waals surface area contributed by atoms with Crippen molar-refractivity contribution in [3.05, 3.63) is 35.4 Å². The first-order valence-corrected chi connectivity index (χ1v) is 11.4. The van der Waals surface area contributed by atoms with Crippen molar-refractivity contribution in [2.45, 2.75) is 92.0 Å². The number of carbonyl (C=O) groups is 3. The lowest BCUT2D eigenvalue weighted by atomic mass is 9.98. The number of hydrogen-bond acceptors (Lipinski definition) is 4. The van der Waals surface area contributed by atoms with E-state index >= 15 is 0 Å². The van der Waals surface area contributed by atoms with Crippen LogP contribution in [0, 0.1) is 12.8 Å². The first-order valence-electron chi connectivity index (χ1n) is 11.4. The number of likely N-dealkylation sites (N-methyl/N-ethyl adjacent to an activating group) is 1. The molecular formula is C25H41N3O4. The number of alkyl carbamates (subject to hydrolysis) is 1. The van der Waals surface area contributed by atoms with E-state index in [9.17, 15) is 14.4 Å². The van der Waals surface area contributed by atoms with Crippen molar-refractivity contribution in [3.8, 4) is 0 Å². The van der Waals surface area contributed by atoms with Crippen molar-refractivity contribution in [2.75, 3.05) is 7.05 Å². The molecule has 0 bridgehead atoms. The zero-order valence-electron chi connectivity index (χ0n) is 21.1. The minimum Gasteiger partial charge on any atom is -0.444 e. The van der Waals surface area contributed by atoms with E-state index in [1.165, 1.54) is 4.90 Å². The van der Waals surface area contributed by atoms with Gasteiger partial charge in [-0.15, -0.1) is 0 Å². The van der Waals surface area contributed by atoms with Crippen molar-refractivity contribution in [2.24, 2.45) is 5.92 Å². The highest BCUT2D eigenvalue weighted by atomic mass is 16.6. The quantitative estimate of drug-likeness (QED) is 0.589. The van der Waals surface area contributed by atoms with Crippen LogP contribution >= 0.6 is 0 Å². The molecule has 0 aliphatic carbocycles. The van der Waals surface area contributed by atoms with Gasteiger partial charge in [0.25, 0.3) is 0 Å². The molecule has 0 heterocycles. The Hall–Kier alpha value is -2.57. The zero-order chi connectivity index (χ0) is 24.6. The van der Waals surface area contributed by atoms with Gasteiger partial charge in [-0.05, 0) is 52.5 Å². The molecule has 2 N–H and O–H groups in total. The Kier molecular flexibility index (Phi) is 10.2. The summed E-state index contributed by atoms with van der Waals surface area (Å²) in [7, 11) is 1.60. The van der Waals surface area contributed by atoms with Crippen LogP contribution in [0.15, 0.2) is 24.3 Å². The molecule has 7 nitrogen and oxygen atoms in total. The number of hydrogen-bond donors (Lipinski definition) is 2. The van der Waals surface area contributed by atoms with E-state index in [0.29, 0.717) is 0 Å². The van der Waals surface area contributed by atoms with Crippen LogP contribution in [0.5, 0.6) is 0 Å². The first kappa shape index (κ1) is 27.5. The fraction of sp³-hybridized carbons (Fsp3) is 0.640. The molecule has 32 heavy (non-hydrogen) atoms. The third-order valence-electron chi connectivity index (χ3n) is 5.06.